The SMILES string of the molecule is NC(=O)c1ccc(F)c(C(=O)c2c[nH]c3ncnc(NCc4ccccc4)c23)c1F. The molecular formula is C21H15F2N5O2. The van der Waals surface area contributed by atoms with Crippen LogP contribution >= 0.6 is 0 Å². The van der Waals surface area contributed by atoms with Crippen LogP contribution in [0.1, 0.15) is 31.8 Å². The molecule has 0 spiro atoms. The molecule has 9 heteroatoms. The van der Waals surface area contributed by atoms with Gasteiger partial charge >= 0.3 is 0 Å². The quantitative estimate of drug-likeness (QED) is 0.425. The van der Waals surface area contributed by atoms with Crippen molar-refractivity contribution in [1.29, 1.82) is 0 Å². The first-order valence-corrected chi connectivity index (χ1v) is 8.89. The smallest absolute Gasteiger partial charge is 0.251 e. The lowest BCUT2D eigenvalue weighted by molar-refractivity contribution is 0.0996. The van der Waals surface area contributed by atoms with Crippen molar-refractivity contribution in [2.24, 2.45) is 5.73 Å². The van der Waals surface area contributed by atoms with Crippen molar-refractivity contribution in [3.63, 3.8) is 0 Å². The normalized spacial score (nSPS) is 10.9. The zero-order valence-electron chi connectivity index (χ0n) is 15.4. The highest BCUT2D eigenvalue weighted by Gasteiger charge is 2.26. The largest absolute Gasteiger partial charge is 0.366 e. The molecule has 0 aliphatic carbocycles. The monoisotopic (exact) mass is 407 g/mol. The summed E-state index contributed by atoms with van der Waals surface area (Å²) >= 11 is 0. The van der Waals surface area contributed by atoms with E-state index in [4.69, 9.17) is 5.73 Å². The number of ketones is 1. The molecule has 4 aromatic rings. The highest BCUT2D eigenvalue weighted by Crippen LogP contribution is 2.28. The van der Waals surface area contributed by atoms with E-state index < -0.39 is 34.5 Å². The van der Waals surface area contributed by atoms with Crippen LogP contribution in [0.2, 0.25) is 0 Å². The van der Waals surface area contributed by atoms with E-state index >= 15 is 0 Å². The third kappa shape index (κ3) is 3.37. The number of nitrogens with zero attached hydrogens (tertiary/aromatic N) is 2. The van der Waals surface area contributed by atoms with Crippen LogP contribution in [0.25, 0.3) is 11.0 Å². The molecule has 4 N–H and O–H groups in total. The number of anilines is 1. The third-order valence-corrected chi connectivity index (χ3v) is 4.60. The topological polar surface area (TPSA) is 114 Å². The number of aromatic nitrogens is 3. The number of primary amides is 1. The van der Waals surface area contributed by atoms with Crippen LogP contribution in [0, 0.1) is 11.6 Å². The molecule has 0 radical (unpaired) electrons. The predicted molar refractivity (Wildman–Crippen MR) is 106 cm³/mol. The molecule has 0 fully saturated rings. The van der Waals surface area contributed by atoms with E-state index in [9.17, 15) is 18.4 Å². The van der Waals surface area contributed by atoms with Crippen molar-refractivity contribution in [1.82, 2.24) is 15.0 Å². The first kappa shape index (κ1) is 19.2. The van der Waals surface area contributed by atoms with Gasteiger partial charge in [0.15, 0.2) is 0 Å². The summed E-state index contributed by atoms with van der Waals surface area (Å²) in [5, 5.41) is 3.39. The van der Waals surface area contributed by atoms with E-state index in [1.165, 1.54) is 12.5 Å². The fourth-order valence-corrected chi connectivity index (χ4v) is 3.14. The Labute approximate surface area is 169 Å². The number of nitrogens with two attached hydrogens (primary N) is 1. The summed E-state index contributed by atoms with van der Waals surface area (Å²) in [6.07, 6.45) is 2.60. The molecule has 7 nitrogen and oxygen atoms in total. The minimum Gasteiger partial charge on any atom is -0.366 e. The highest BCUT2D eigenvalue weighted by molar-refractivity contribution is 6.18. The maximum atomic E-state index is 14.7. The summed E-state index contributed by atoms with van der Waals surface area (Å²) in [6.45, 7) is 0.408. The van der Waals surface area contributed by atoms with Crippen LogP contribution in [0.15, 0.2) is 55.0 Å². The molecule has 0 unspecified atom stereocenters. The van der Waals surface area contributed by atoms with Crippen LogP contribution in [0.5, 0.6) is 0 Å². The molecule has 30 heavy (non-hydrogen) atoms. The highest BCUT2D eigenvalue weighted by atomic mass is 19.1. The van der Waals surface area contributed by atoms with E-state index in [0.717, 1.165) is 17.7 Å². The summed E-state index contributed by atoms with van der Waals surface area (Å²) in [4.78, 5) is 35.5. The first-order valence-electron chi connectivity index (χ1n) is 8.89. The van der Waals surface area contributed by atoms with E-state index in [1.807, 2.05) is 30.3 Å². The molecule has 2 heterocycles. The summed E-state index contributed by atoms with van der Waals surface area (Å²) in [5.41, 5.74) is 4.92. The molecule has 0 aliphatic heterocycles. The van der Waals surface area contributed by atoms with Crippen LogP contribution < -0.4 is 11.1 Å². The fourth-order valence-electron chi connectivity index (χ4n) is 3.14. The molecule has 0 aliphatic rings. The Kier molecular flexibility index (Phi) is 4.93. The Balaban J connectivity index is 1.78. The predicted octanol–water partition coefficient (Wildman–Crippen LogP) is 3.18. The molecule has 2 aromatic carbocycles. The minimum atomic E-state index is -1.31. The zero-order valence-corrected chi connectivity index (χ0v) is 15.4. The van der Waals surface area contributed by atoms with Crippen LogP contribution in [0.3, 0.4) is 0 Å². The number of rotatable bonds is 6. The molecule has 0 bridgehead atoms. The van der Waals surface area contributed by atoms with Crippen LogP contribution in [-0.2, 0) is 6.54 Å². The van der Waals surface area contributed by atoms with Crippen LogP contribution in [-0.4, -0.2) is 26.6 Å². The lowest BCUT2D eigenvalue weighted by atomic mass is 9.99. The van der Waals surface area contributed by atoms with E-state index in [-0.39, 0.29) is 10.9 Å². The number of hydrogen-bond donors (Lipinski definition) is 3. The van der Waals surface area contributed by atoms with Gasteiger partial charge in [0.1, 0.15) is 29.4 Å². The van der Waals surface area contributed by atoms with Gasteiger partial charge in [-0.3, -0.25) is 9.59 Å². The lowest BCUT2D eigenvalue weighted by Crippen LogP contribution is -2.17. The van der Waals surface area contributed by atoms with Crippen molar-refractivity contribution < 1.29 is 18.4 Å². The minimum absolute atomic E-state index is 0.0411. The van der Waals surface area contributed by atoms with Crippen molar-refractivity contribution in [3.8, 4) is 0 Å². The zero-order chi connectivity index (χ0) is 21.3. The Morgan fingerprint density at radius 1 is 1.03 bits per heavy atom. The number of fused-ring (bicyclic) bond motifs is 1. The fraction of sp³-hybridized carbons (Fsp3) is 0.0476. The number of carbonyl (C=O) groups excluding carboxylic acids is 2. The molecule has 150 valence electrons. The number of nitrogens with one attached hydrogen (secondary N) is 2. The second-order valence-corrected chi connectivity index (χ2v) is 6.46. The second kappa shape index (κ2) is 7.70. The molecule has 0 saturated heterocycles. The summed E-state index contributed by atoms with van der Waals surface area (Å²) in [5.74, 6) is -4.16. The number of H-pyrrole nitrogens is 1. The lowest BCUT2D eigenvalue weighted by Gasteiger charge is -2.09. The van der Waals surface area contributed by atoms with Gasteiger partial charge < -0.3 is 16.0 Å². The molecule has 1 amide bonds. The van der Waals surface area contributed by atoms with Crippen molar-refractivity contribution >= 4 is 28.5 Å². The van der Waals surface area contributed by atoms with Crippen molar-refractivity contribution in [3.05, 3.63) is 88.9 Å². The van der Waals surface area contributed by atoms with E-state index in [2.05, 4.69) is 20.3 Å². The molecule has 0 saturated carbocycles. The summed E-state index contributed by atoms with van der Waals surface area (Å²) in [6, 6.07) is 11.2. The molecular weight excluding hydrogens is 392 g/mol. The standard InChI is InChI=1S/C21H15F2N5O2/c22-14-7-6-12(19(24)30)17(23)16(14)18(29)13-9-26-21-15(13)20(27-10-28-21)25-8-11-4-2-1-3-5-11/h1-7,9-10H,8H2,(H2,24,30)(H2,25,26,27,28). The van der Waals surface area contributed by atoms with Crippen molar-refractivity contribution in [2.75, 3.05) is 5.32 Å². The number of carbonyl (C=O) groups is 2. The number of aromatic amines is 1. The van der Waals surface area contributed by atoms with Crippen molar-refractivity contribution in [2.45, 2.75) is 6.54 Å². The van der Waals surface area contributed by atoms with Gasteiger partial charge in [-0.05, 0) is 17.7 Å². The maximum absolute atomic E-state index is 14.7. The number of benzene rings is 2. The molecule has 2 aromatic heterocycles. The van der Waals surface area contributed by atoms with Gasteiger partial charge in [-0.2, -0.15) is 0 Å². The number of halogens is 2. The Morgan fingerprint density at radius 2 is 1.80 bits per heavy atom. The van der Waals surface area contributed by atoms with Gasteiger partial charge in [-0.25, -0.2) is 18.7 Å². The molecule has 0 atom stereocenters. The van der Waals surface area contributed by atoms with Gasteiger partial charge in [-0.15, -0.1) is 0 Å². The maximum Gasteiger partial charge on any atom is 0.251 e. The third-order valence-electron chi connectivity index (χ3n) is 4.60. The Hall–Kier alpha value is -4.14. The van der Waals surface area contributed by atoms with Crippen LogP contribution in [0.4, 0.5) is 14.6 Å². The number of amides is 1. The molecule has 4 rings (SSSR count). The first-order chi connectivity index (χ1) is 14.5. The van der Waals surface area contributed by atoms with E-state index in [0.29, 0.717) is 18.0 Å². The number of hydrogen-bond acceptors (Lipinski definition) is 5. The van der Waals surface area contributed by atoms with Gasteiger partial charge in [0.05, 0.1) is 22.1 Å². The Morgan fingerprint density at radius 3 is 2.53 bits per heavy atom. The summed E-state index contributed by atoms with van der Waals surface area (Å²) in [7, 11) is 0. The Bertz CT molecular complexity index is 1270. The van der Waals surface area contributed by atoms with Gasteiger partial charge in [0.25, 0.3) is 5.91 Å². The average Bonchev–Trinajstić information content (AvgIpc) is 3.17. The van der Waals surface area contributed by atoms with Gasteiger partial charge in [0.2, 0.25) is 5.78 Å². The van der Waals surface area contributed by atoms with Gasteiger partial charge in [-0.1, -0.05) is 30.3 Å². The average molecular weight is 407 g/mol. The second-order valence-electron chi connectivity index (χ2n) is 6.46. The summed E-state index contributed by atoms with van der Waals surface area (Å²) < 4.78 is 29.0. The van der Waals surface area contributed by atoms with Gasteiger partial charge in [0, 0.05) is 12.7 Å². The van der Waals surface area contributed by atoms with E-state index in [1.54, 1.807) is 0 Å².